The van der Waals surface area contributed by atoms with Gasteiger partial charge in [0.25, 0.3) is 5.91 Å². The third-order valence-corrected chi connectivity index (χ3v) is 9.03. The van der Waals surface area contributed by atoms with Crippen molar-refractivity contribution in [1.82, 2.24) is 9.55 Å². The van der Waals surface area contributed by atoms with Crippen LogP contribution < -0.4 is 19.8 Å². The fourth-order valence-corrected chi connectivity index (χ4v) is 6.34. The lowest BCUT2D eigenvalue weighted by atomic mass is 9.86. The topological polar surface area (TPSA) is 130 Å². The highest BCUT2D eigenvalue weighted by atomic mass is 32.2. The van der Waals surface area contributed by atoms with E-state index in [0.29, 0.717) is 17.8 Å². The second-order valence-electron chi connectivity index (χ2n) is 11.9. The average molecular weight is 648 g/mol. The van der Waals surface area contributed by atoms with Gasteiger partial charge in [-0.15, -0.1) is 0 Å². The molecule has 1 aliphatic rings. The third-order valence-electron chi connectivity index (χ3n) is 7.37. The second kappa shape index (κ2) is 12.6. The standard InChI is InChI=1S/C32H37N7O4S2/c1-20-13-14-21(30(40)34-24-16-22(32(2,3)4)17-25(29(24)43-6)36-45(7,41)42)15-27(20)39-19-26(35-37-39)28-18-33-31(38(28)5)44-23-11-9-8-10-12-23/h8-18,26,36H,19H2,1-7H3,(H,34,40). The van der Waals surface area contributed by atoms with Gasteiger partial charge in [-0.25, -0.2) is 18.4 Å². The number of imidazole rings is 1. The molecule has 11 nitrogen and oxygen atoms in total. The van der Waals surface area contributed by atoms with Crippen LogP contribution in [0, 0.1) is 6.92 Å². The molecule has 0 spiro atoms. The van der Waals surface area contributed by atoms with Crippen LogP contribution in [0.15, 0.2) is 87.2 Å². The highest BCUT2D eigenvalue weighted by Crippen LogP contribution is 2.40. The number of amides is 1. The van der Waals surface area contributed by atoms with E-state index >= 15 is 0 Å². The number of carbonyl (C=O) groups is 1. The van der Waals surface area contributed by atoms with Crippen LogP contribution in [-0.4, -0.2) is 43.8 Å². The Morgan fingerprint density at radius 2 is 1.78 bits per heavy atom. The van der Waals surface area contributed by atoms with Gasteiger partial charge >= 0.3 is 0 Å². The Morgan fingerprint density at radius 1 is 1.07 bits per heavy atom. The molecule has 2 heterocycles. The number of benzene rings is 3. The third kappa shape index (κ3) is 7.31. The van der Waals surface area contributed by atoms with Gasteiger partial charge in [-0.1, -0.05) is 62.0 Å². The average Bonchev–Trinajstić information content (AvgIpc) is 3.59. The summed E-state index contributed by atoms with van der Waals surface area (Å²) in [6.45, 7) is 8.45. The Hall–Kier alpha value is -4.36. The number of hydrogen-bond acceptors (Lipinski definition) is 9. The first-order valence-electron chi connectivity index (χ1n) is 14.3. The summed E-state index contributed by atoms with van der Waals surface area (Å²) in [5.41, 5.74) is 4.11. The summed E-state index contributed by atoms with van der Waals surface area (Å²) in [6, 6.07) is 18.8. The summed E-state index contributed by atoms with van der Waals surface area (Å²) in [4.78, 5) is 19.3. The van der Waals surface area contributed by atoms with Crippen molar-refractivity contribution >= 4 is 44.8 Å². The van der Waals surface area contributed by atoms with E-state index in [4.69, 9.17) is 4.74 Å². The predicted octanol–water partition coefficient (Wildman–Crippen LogP) is 6.74. The Balaban J connectivity index is 1.37. The van der Waals surface area contributed by atoms with Gasteiger partial charge < -0.3 is 14.6 Å². The molecule has 0 aliphatic carbocycles. The van der Waals surface area contributed by atoms with Crippen molar-refractivity contribution in [3.8, 4) is 5.75 Å². The molecule has 45 heavy (non-hydrogen) atoms. The SMILES string of the molecule is COc1c(NC(=O)c2ccc(C)c(N3CC(c4cnc(Sc5ccccc5)n4C)N=N3)c2)cc(C(C)(C)C)cc1NS(C)(=O)=O. The van der Waals surface area contributed by atoms with Gasteiger partial charge in [0.15, 0.2) is 10.9 Å². The van der Waals surface area contributed by atoms with Crippen LogP contribution in [0.3, 0.4) is 0 Å². The molecular formula is C32H37N7O4S2. The highest BCUT2D eigenvalue weighted by molar-refractivity contribution is 7.99. The molecular weight excluding hydrogens is 611 g/mol. The molecule has 0 bridgehead atoms. The molecule has 0 saturated heterocycles. The first-order chi connectivity index (χ1) is 21.2. The lowest BCUT2D eigenvalue weighted by molar-refractivity contribution is 0.102. The number of hydrogen-bond donors (Lipinski definition) is 2. The van der Waals surface area contributed by atoms with Gasteiger partial charge in [0.05, 0.1) is 48.9 Å². The molecule has 0 radical (unpaired) electrons. The number of sulfonamides is 1. The zero-order valence-corrected chi connectivity index (χ0v) is 28.0. The number of nitrogens with zero attached hydrogens (tertiary/aromatic N) is 5. The Kier molecular flexibility index (Phi) is 8.95. The first-order valence-corrected chi connectivity index (χ1v) is 17.0. The summed E-state index contributed by atoms with van der Waals surface area (Å²) < 4.78 is 34.3. The van der Waals surface area contributed by atoms with Crippen molar-refractivity contribution in [2.24, 2.45) is 17.4 Å². The number of aromatic nitrogens is 2. The van der Waals surface area contributed by atoms with Crippen molar-refractivity contribution in [3.05, 3.63) is 89.2 Å². The summed E-state index contributed by atoms with van der Waals surface area (Å²) in [7, 11) is -0.200. The Bertz CT molecular complexity index is 1870. The van der Waals surface area contributed by atoms with E-state index in [-0.39, 0.29) is 28.8 Å². The summed E-state index contributed by atoms with van der Waals surface area (Å²) in [5, 5.41) is 14.6. The van der Waals surface area contributed by atoms with Crippen molar-refractivity contribution in [2.45, 2.75) is 49.2 Å². The number of aryl methyl sites for hydroxylation is 1. The monoisotopic (exact) mass is 647 g/mol. The zero-order valence-electron chi connectivity index (χ0n) is 26.3. The Labute approximate surface area is 268 Å². The molecule has 5 rings (SSSR count). The molecule has 1 aromatic heterocycles. The number of carbonyl (C=O) groups excluding carboxylic acids is 1. The molecule has 0 saturated carbocycles. The normalized spacial score (nSPS) is 14.9. The number of rotatable bonds is 9. The quantitative estimate of drug-likeness (QED) is 0.206. The van der Waals surface area contributed by atoms with Crippen molar-refractivity contribution < 1.29 is 17.9 Å². The maximum Gasteiger partial charge on any atom is 0.255 e. The predicted molar refractivity (Wildman–Crippen MR) is 178 cm³/mol. The van der Waals surface area contributed by atoms with E-state index in [1.54, 1.807) is 41.0 Å². The van der Waals surface area contributed by atoms with E-state index in [2.05, 4.69) is 25.4 Å². The van der Waals surface area contributed by atoms with Gasteiger partial charge in [-0.2, -0.15) is 5.11 Å². The fourth-order valence-electron chi connectivity index (χ4n) is 4.94. The highest BCUT2D eigenvalue weighted by Gasteiger charge is 2.28. The molecule has 3 aromatic carbocycles. The van der Waals surface area contributed by atoms with Crippen LogP contribution in [0.1, 0.15) is 54.0 Å². The molecule has 1 aliphatic heterocycles. The minimum Gasteiger partial charge on any atom is -0.492 e. The van der Waals surface area contributed by atoms with Crippen molar-refractivity contribution in [1.29, 1.82) is 0 Å². The molecule has 1 unspecified atom stereocenters. The maximum atomic E-state index is 13.6. The zero-order chi connectivity index (χ0) is 32.5. The number of anilines is 3. The fraction of sp³-hybridized carbons (Fsp3) is 0.312. The van der Waals surface area contributed by atoms with E-state index in [9.17, 15) is 13.2 Å². The van der Waals surface area contributed by atoms with Crippen LogP contribution in [0.25, 0.3) is 0 Å². The number of ether oxygens (including phenoxy) is 1. The minimum atomic E-state index is -3.60. The molecule has 1 amide bonds. The smallest absolute Gasteiger partial charge is 0.255 e. The summed E-state index contributed by atoms with van der Waals surface area (Å²) in [5.74, 6) is -0.168. The van der Waals surface area contributed by atoms with Crippen LogP contribution in [0.5, 0.6) is 5.75 Å². The van der Waals surface area contributed by atoms with Crippen LogP contribution in [0.2, 0.25) is 0 Å². The van der Waals surface area contributed by atoms with E-state index in [1.165, 1.54) is 7.11 Å². The Morgan fingerprint density at radius 3 is 2.44 bits per heavy atom. The van der Waals surface area contributed by atoms with Crippen LogP contribution in [-0.2, 0) is 22.5 Å². The minimum absolute atomic E-state index is 0.214. The van der Waals surface area contributed by atoms with E-state index in [1.807, 2.05) is 81.9 Å². The van der Waals surface area contributed by atoms with Crippen molar-refractivity contribution in [3.63, 3.8) is 0 Å². The molecule has 4 aromatic rings. The first kappa shape index (κ1) is 32.0. The largest absolute Gasteiger partial charge is 0.492 e. The molecule has 2 N–H and O–H groups in total. The van der Waals surface area contributed by atoms with Gasteiger partial charge in [0.2, 0.25) is 10.0 Å². The molecule has 236 valence electrons. The lowest BCUT2D eigenvalue weighted by Gasteiger charge is -2.24. The lowest BCUT2D eigenvalue weighted by Crippen LogP contribution is -2.20. The second-order valence-corrected chi connectivity index (χ2v) is 14.7. The van der Waals surface area contributed by atoms with Gasteiger partial charge in [0, 0.05) is 17.5 Å². The number of nitrogens with one attached hydrogen (secondary N) is 2. The number of methoxy groups -OCH3 is 1. The summed E-state index contributed by atoms with van der Waals surface area (Å²) in [6.07, 6.45) is 2.90. The molecule has 0 fully saturated rings. The van der Waals surface area contributed by atoms with E-state index in [0.717, 1.165) is 38.8 Å². The van der Waals surface area contributed by atoms with Crippen LogP contribution >= 0.6 is 11.8 Å². The van der Waals surface area contributed by atoms with Gasteiger partial charge in [-0.05, 0) is 59.9 Å². The van der Waals surface area contributed by atoms with Crippen molar-refractivity contribution in [2.75, 3.05) is 35.0 Å². The molecule has 1 atom stereocenters. The molecule has 13 heteroatoms. The van der Waals surface area contributed by atoms with Gasteiger partial charge in [0.1, 0.15) is 6.04 Å². The van der Waals surface area contributed by atoms with Crippen LogP contribution in [0.4, 0.5) is 17.1 Å². The van der Waals surface area contributed by atoms with Gasteiger partial charge in [-0.3, -0.25) is 9.52 Å². The van der Waals surface area contributed by atoms with E-state index < -0.39 is 10.0 Å². The maximum absolute atomic E-state index is 13.6. The summed E-state index contributed by atoms with van der Waals surface area (Å²) >= 11 is 1.59.